The third-order valence-corrected chi connectivity index (χ3v) is 4.44. The lowest BCUT2D eigenvalue weighted by Crippen LogP contribution is -2.53. The Kier molecular flexibility index (Phi) is 3.87. The lowest BCUT2D eigenvalue weighted by molar-refractivity contribution is 0.0532. The number of aromatic nitrogens is 1. The predicted molar refractivity (Wildman–Crippen MR) is 73.9 cm³/mol. The van der Waals surface area contributed by atoms with E-state index in [1.807, 2.05) is 11.8 Å². The number of amides is 1. The van der Waals surface area contributed by atoms with Crippen LogP contribution in [-0.2, 0) is 0 Å². The molecule has 2 heterocycles. The molecular formula is C12H20N4OS. The summed E-state index contributed by atoms with van der Waals surface area (Å²) >= 11 is 1.29. The van der Waals surface area contributed by atoms with E-state index in [2.05, 4.69) is 23.7 Å². The topological polar surface area (TPSA) is 62.5 Å². The quantitative estimate of drug-likeness (QED) is 0.875. The van der Waals surface area contributed by atoms with Crippen molar-refractivity contribution in [2.45, 2.75) is 26.8 Å². The highest BCUT2D eigenvalue weighted by Crippen LogP contribution is 2.22. The van der Waals surface area contributed by atoms with Crippen molar-refractivity contribution in [1.29, 1.82) is 0 Å². The summed E-state index contributed by atoms with van der Waals surface area (Å²) in [7, 11) is 0. The van der Waals surface area contributed by atoms with Gasteiger partial charge >= 0.3 is 0 Å². The molecule has 2 rings (SSSR count). The zero-order valence-electron chi connectivity index (χ0n) is 11.1. The molecule has 1 atom stereocenters. The van der Waals surface area contributed by atoms with Crippen molar-refractivity contribution in [2.75, 3.05) is 31.9 Å². The van der Waals surface area contributed by atoms with E-state index in [0.29, 0.717) is 16.1 Å². The van der Waals surface area contributed by atoms with Crippen LogP contribution in [0.2, 0.25) is 0 Å². The summed E-state index contributed by atoms with van der Waals surface area (Å²) in [4.78, 5) is 21.5. The fraction of sp³-hybridized carbons (Fsp3) is 0.667. The minimum Gasteiger partial charge on any atom is -0.375 e. The number of anilines is 1. The van der Waals surface area contributed by atoms with Crippen LogP contribution in [0.4, 0.5) is 5.13 Å². The van der Waals surface area contributed by atoms with E-state index in [1.54, 1.807) is 0 Å². The number of rotatable bonds is 2. The molecule has 1 saturated heterocycles. The maximum atomic E-state index is 12.4. The van der Waals surface area contributed by atoms with Crippen LogP contribution in [0.15, 0.2) is 0 Å². The van der Waals surface area contributed by atoms with Gasteiger partial charge in [-0.25, -0.2) is 4.98 Å². The molecule has 2 N–H and O–H groups in total. The van der Waals surface area contributed by atoms with Crippen molar-refractivity contribution in [3.05, 3.63) is 10.6 Å². The van der Waals surface area contributed by atoms with Gasteiger partial charge in [-0.3, -0.25) is 9.69 Å². The molecule has 1 unspecified atom stereocenters. The average molecular weight is 268 g/mol. The summed E-state index contributed by atoms with van der Waals surface area (Å²) in [5, 5.41) is 0.469. The monoisotopic (exact) mass is 268 g/mol. The first-order valence-corrected chi connectivity index (χ1v) is 7.10. The zero-order chi connectivity index (χ0) is 13.3. The molecule has 0 radical (unpaired) electrons. The van der Waals surface area contributed by atoms with Gasteiger partial charge in [-0.2, -0.15) is 0 Å². The van der Waals surface area contributed by atoms with Crippen LogP contribution in [0.3, 0.4) is 0 Å². The van der Waals surface area contributed by atoms with Crippen LogP contribution in [0.5, 0.6) is 0 Å². The first-order chi connectivity index (χ1) is 8.52. The second kappa shape index (κ2) is 5.24. The molecule has 0 spiro atoms. The largest absolute Gasteiger partial charge is 0.375 e. The Bertz CT molecular complexity index is 445. The van der Waals surface area contributed by atoms with Gasteiger partial charge in [-0.15, -0.1) is 0 Å². The number of hydrogen-bond acceptors (Lipinski definition) is 5. The molecule has 1 aromatic rings. The maximum Gasteiger partial charge on any atom is 0.266 e. The van der Waals surface area contributed by atoms with Gasteiger partial charge in [0.2, 0.25) is 0 Å². The standard InChI is InChI=1S/C12H20N4OS/c1-4-15-5-6-16(7-8(15)2)11(17)10-9(3)14-12(13)18-10/h8H,4-7H2,1-3H3,(H2,13,14). The molecule has 1 aromatic heterocycles. The summed E-state index contributed by atoms with van der Waals surface area (Å²) in [6.45, 7) is 9.70. The van der Waals surface area contributed by atoms with Crippen LogP contribution < -0.4 is 5.73 Å². The molecule has 0 aliphatic carbocycles. The Hall–Kier alpha value is -1.14. The highest BCUT2D eigenvalue weighted by atomic mass is 32.1. The number of aryl methyl sites for hydroxylation is 1. The van der Waals surface area contributed by atoms with E-state index in [0.717, 1.165) is 31.9 Å². The SMILES string of the molecule is CCN1CCN(C(=O)c2sc(N)nc2C)CC1C. The van der Waals surface area contributed by atoms with Gasteiger partial charge in [0.15, 0.2) is 5.13 Å². The van der Waals surface area contributed by atoms with Crippen LogP contribution in [0.25, 0.3) is 0 Å². The lowest BCUT2D eigenvalue weighted by Gasteiger charge is -2.39. The summed E-state index contributed by atoms with van der Waals surface area (Å²) < 4.78 is 0. The van der Waals surface area contributed by atoms with E-state index in [-0.39, 0.29) is 5.91 Å². The molecule has 1 aliphatic rings. The zero-order valence-corrected chi connectivity index (χ0v) is 12.0. The van der Waals surface area contributed by atoms with Crippen LogP contribution in [0, 0.1) is 6.92 Å². The summed E-state index contributed by atoms with van der Waals surface area (Å²) in [6.07, 6.45) is 0. The highest BCUT2D eigenvalue weighted by molar-refractivity contribution is 7.17. The number of likely N-dealkylation sites (N-methyl/N-ethyl adjacent to an activating group) is 1. The third kappa shape index (κ3) is 2.49. The van der Waals surface area contributed by atoms with E-state index in [1.165, 1.54) is 11.3 Å². The van der Waals surface area contributed by atoms with E-state index < -0.39 is 0 Å². The van der Waals surface area contributed by atoms with Crippen molar-refractivity contribution in [3.8, 4) is 0 Å². The Labute approximate surface area is 112 Å². The van der Waals surface area contributed by atoms with Crippen molar-refractivity contribution >= 4 is 22.4 Å². The van der Waals surface area contributed by atoms with E-state index >= 15 is 0 Å². The van der Waals surface area contributed by atoms with Crippen LogP contribution >= 0.6 is 11.3 Å². The number of thiazole rings is 1. The number of hydrogen-bond donors (Lipinski definition) is 1. The fourth-order valence-electron chi connectivity index (χ4n) is 2.41. The van der Waals surface area contributed by atoms with E-state index in [4.69, 9.17) is 5.73 Å². The molecule has 1 fully saturated rings. The number of carbonyl (C=O) groups is 1. The summed E-state index contributed by atoms with van der Waals surface area (Å²) in [5.41, 5.74) is 6.39. The molecule has 1 aliphatic heterocycles. The normalized spacial score (nSPS) is 21.3. The Morgan fingerprint density at radius 2 is 2.28 bits per heavy atom. The number of nitrogens with two attached hydrogens (primary N) is 1. The molecule has 5 nitrogen and oxygen atoms in total. The lowest BCUT2D eigenvalue weighted by atomic mass is 10.2. The summed E-state index contributed by atoms with van der Waals surface area (Å²) in [5.74, 6) is 0.0734. The van der Waals surface area contributed by atoms with Crippen LogP contribution in [-0.4, -0.2) is 52.9 Å². The van der Waals surface area contributed by atoms with Gasteiger partial charge in [-0.05, 0) is 20.4 Å². The first kappa shape index (κ1) is 13.3. The molecular weight excluding hydrogens is 248 g/mol. The predicted octanol–water partition coefficient (Wildman–Crippen LogP) is 1.20. The average Bonchev–Trinajstić information content (AvgIpc) is 2.67. The van der Waals surface area contributed by atoms with Gasteiger partial charge in [0.1, 0.15) is 4.88 Å². The van der Waals surface area contributed by atoms with Crippen molar-refractivity contribution in [1.82, 2.24) is 14.8 Å². The highest BCUT2D eigenvalue weighted by Gasteiger charge is 2.28. The maximum absolute atomic E-state index is 12.4. The molecule has 18 heavy (non-hydrogen) atoms. The molecule has 1 amide bonds. The number of carbonyl (C=O) groups excluding carboxylic acids is 1. The number of nitrogen functional groups attached to an aromatic ring is 1. The molecule has 0 aromatic carbocycles. The van der Waals surface area contributed by atoms with Gasteiger partial charge < -0.3 is 10.6 Å². The smallest absolute Gasteiger partial charge is 0.266 e. The minimum absolute atomic E-state index is 0.0734. The van der Waals surface area contributed by atoms with Gasteiger partial charge in [0.25, 0.3) is 5.91 Å². The van der Waals surface area contributed by atoms with Crippen molar-refractivity contribution in [3.63, 3.8) is 0 Å². The second-order valence-corrected chi connectivity index (χ2v) is 5.73. The fourth-order valence-corrected chi connectivity index (χ4v) is 3.21. The number of piperazine rings is 1. The number of nitrogens with zero attached hydrogens (tertiary/aromatic N) is 3. The molecule has 6 heteroatoms. The van der Waals surface area contributed by atoms with Gasteiger partial charge in [0.05, 0.1) is 5.69 Å². The van der Waals surface area contributed by atoms with Crippen molar-refractivity contribution < 1.29 is 4.79 Å². The van der Waals surface area contributed by atoms with Crippen LogP contribution in [0.1, 0.15) is 29.2 Å². The molecule has 0 bridgehead atoms. The molecule has 0 saturated carbocycles. The summed E-state index contributed by atoms with van der Waals surface area (Å²) in [6, 6.07) is 0.415. The second-order valence-electron chi connectivity index (χ2n) is 4.70. The van der Waals surface area contributed by atoms with Gasteiger partial charge in [0, 0.05) is 25.7 Å². The minimum atomic E-state index is 0.0734. The Balaban J connectivity index is 2.09. The van der Waals surface area contributed by atoms with Crippen molar-refractivity contribution in [2.24, 2.45) is 0 Å². The third-order valence-electron chi connectivity index (χ3n) is 3.47. The van der Waals surface area contributed by atoms with Gasteiger partial charge in [-0.1, -0.05) is 18.3 Å². The Morgan fingerprint density at radius 1 is 1.56 bits per heavy atom. The van der Waals surface area contributed by atoms with E-state index in [9.17, 15) is 4.79 Å². The Morgan fingerprint density at radius 3 is 2.78 bits per heavy atom. The first-order valence-electron chi connectivity index (χ1n) is 6.29. The molecule has 100 valence electrons.